The first-order chi connectivity index (χ1) is 16.2. The number of aliphatic carboxylic acids is 2. The first kappa shape index (κ1) is 26.5. The number of methoxy groups -OCH3 is 2. The summed E-state index contributed by atoms with van der Waals surface area (Å²) in [5.74, 6) is -1.23. The fourth-order valence-corrected chi connectivity index (χ4v) is 3.27. The van der Waals surface area contributed by atoms with Gasteiger partial charge in [0.2, 0.25) is 0 Å². The number of carbonyl (C=O) groups is 3. The summed E-state index contributed by atoms with van der Waals surface area (Å²) in [4.78, 5) is 34.8. The average molecular weight is 475 g/mol. The molecule has 0 aromatic heterocycles. The molecule has 2 aromatic rings. The number of rotatable bonds is 7. The fourth-order valence-electron chi connectivity index (χ4n) is 3.27. The molecule has 0 atom stereocenters. The second-order valence-electron chi connectivity index (χ2n) is 7.55. The Morgan fingerprint density at radius 3 is 1.97 bits per heavy atom. The average Bonchev–Trinajstić information content (AvgIpc) is 2.84. The van der Waals surface area contributed by atoms with Crippen LogP contribution in [0.25, 0.3) is 0 Å². The Morgan fingerprint density at radius 2 is 1.44 bits per heavy atom. The topological polar surface area (TPSA) is 126 Å². The number of carboxylic acid groups (broad SMARTS) is 2. The van der Waals surface area contributed by atoms with Gasteiger partial charge in [0.1, 0.15) is 17.2 Å². The number of hydrogen-bond acceptors (Lipinski definition) is 7. The van der Waals surface area contributed by atoms with Gasteiger partial charge in [0.25, 0.3) is 5.91 Å². The van der Waals surface area contributed by atoms with Gasteiger partial charge < -0.3 is 29.3 Å². The lowest BCUT2D eigenvalue weighted by atomic mass is 10.1. The summed E-state index contributed by atoms with van der Waals surface area (Å²) in [5, 5.41) is 14.8. The number of benzene rings is 2. The highest BCUT2D eigenvalue weighted by Crippen LogP contribution is 2.25. The summed E-state index contributed by atoms with van der Waals surface area (Å²) in [6, 6.07) is 13.6. The molecule has 2 N–H and O–H groups in total. The van der Waals surface area contributed by atoms with Crippen LogP contribution in [0.1, 0.15) is 11.1 Å². The highest BCUT2D eigenvalue weighted by Gasteiger charge is 2.22. The van der Waals surface area contributed by atoms with E-state index in [4.69, 9.17) is 34.0 Å². The first-order valence-corrected chi connectivity index (χ1v) is 10.6. The van der Waals surface area contributed by atoms with E-state index in [0.29, 0.717) is 13.1 Å². The molecule has 1 fully saturated rings. The van der Waals surface area contributed by atoms with Crippen LogP contribution in [0.4, 0.5) is 0 Å². The number of aryl methyl sites for hydroxylation is 1. The van der Waals surface area contributed by atoms with Crippen LogP contribution in [0.5, 0.6) is 17.2 Å². The van der Waals surface area contributed by atoms with Crippen molar-refractivity contribution in [1.82, 2.24) is 9.80 Å². The first-order valence-electron chi connectivity index (χ1n) is 10.6. The van der Waals surface area contributed by atoms with Crippen molar-refractivity contribution in [3.05, 3.63) is 53.6 Å². The third kappa shape index (κ3) is 8.28. The molecule has 0 bridgehead atoms. The minimum Gasteiger partial charge on any atom is -0.497 e. The largest absolute Gasteiger partial charge is 0.497 e. The quantitative estimate of drug-likeness (QED) is 0.579. The Hall–Kier alpha value is -3.79. The predicted molar refractivity (Wildman–Crippen MR) is 123 cm³/mol. The lowest BCUT2D eigenvalue weighted by molar-refractivity contribution is -0.159. The molecule has 1 aliphatic rings. The maximum absolute atomic E-state index is 12.4. The van der Waals surface area contributed by atoms with Gasteiger partial charge in [0.05, 0.1) is 14.2 Å². The molecular formula is C24H30N2O8. The Bertz CT molecular complexity index is 957. The molecule has 34 heavy (non-hydrogen) atoms. The van der Waals surface area contributed by atoms with Crippen molar-refractivity contribution in [2.45, 2.75) is 13.5 Å². The second kappa shape index (κ2) is 13.0. The number of amides is 1. The number of piperazine rings is 1. The van der Waals surface area contributed by atoms with Crippen LogP contribution in [0, 0.1) is 6.92 Å². The summed E-state index contributed by atoms with van der Waals surface area (Å²) >= 11 is 0. The number of carbonyl (C=O) groups excluding carboxylic acids is 1. The van der Waals surface area contributed by atoms with E-state index in [1.54, 1.807) is 14.2 Å². The van der Waals surface area contributed by atoms with E-state index in [2.05, 4.69) is 4.90 Å². The molecule has 0 aliphatic carbocycles. The molecular weight excluding hydrogens is 444 g/mol. The van der Waals surface area contributed by atoms with Gasteiger partial charge in [-0.1, -0.05) is 17.7 Å². The van der Waals surface area contributed by atoms with Gasteiger partial charge in [-0.25, -0.2) is 9.59 Å². The van der Waals surface area contributed by atoms with Gasteiger partial charge in [-0.3, -0.25) is 9.69 Å². The number of hydrogen-bond donors (Lipinski definition) is 2. The lowest BCUT2D eigenvalue weighted by Crippen LogP contribution is -2.49. The summed E-state index contributed by atoms with van der Waals surface area (Å²) < 4.78 is 16.4. The van der Waals surface area contributed by atoms with Gasteiger partial charge in [-0.2, -0.15) is 0 Å². The molecule has 1 aliphatic heterocycles. The summed E-state index contributed by atoms with van der Waals surface area (Å²) in [6.07, 6.45) is 0. The van der Waals surface area contributed by atoms with Crippen LogP contribution in [0.3, 0.4) is 0 Å². The van der Waals surface area contributed by atoms with Crippen molar-refractivity contribution >= 4 is 17.8 Å². The Kier molecular flexibility index (Phi) is 10.2. The predicted octanol–water partition coefficient (Wildman–Crippen LogP) is 1.89. The smallest absolute Gasteiger partial charge is 0.414 e. The van der Waals surface area contributed by atoms with Gasteiger partial charge >= 0.3 is 11.9 Å². The molecule has 0 saturated carbocycles. The molecule has 184 valence electrons. The standard InChI is InChI=1S/C22H28N2O4.C2H2O4/c1-17-4-6-19(7-5-17)28-16-22(25)24-12-10-23(11-13-24)15-18-14-20(26-2)8-9-21(18)27-3;3-1(4)2(5)6/h4-9,14H,10-13,15-16H2,1-3H3;(H,3,4)(H,5,6). The van der Waals surface area contributed by atoms with Crippen LogP contribution in [-0.2, 0) is 20.9 Å². The molecule has 0 spiro atoms. The van der Waals surface area contributed by atoms with Gasteiger partial charge in [0, 0.05) is 38.3 Å². The molecule has 3 rings (SSSR count). The highest BCUT2D eigenvalue weighted by molar-refractivity contribution is 6.27. The van der Waals surface area contributed by atoms with Crippen molar-refractivity contribution in [1.29, 1.82) is 0 Å². The number of ether oxygens (including phenoxy) is 3. The zero-order chi connectivity index (χ0) is 25.1. The number of nitrogens with zero attached hydrogens (tertiary/aromatic N) is 2. The monoisotopic (exact) mass is 474 g/mol. The van der Waals surface area contributed by atoms with E-state index < -0.39 is 11.9 Å². The van der Waals surface area contributed by atoms with Crippen LogP contribution >= 0.6 is 0 Å². The molecule has 10 nitrogen and oxygen atoms in total. The van der Waals surface area contributed by atoms with Gasteiger partial charge in [-0.15, -0.1) is 0 Å². The van der Waals surface area contributed by atoms with Crippen LogP contribution < -0.4 is 14.2 Å². The minimum atomic E-state index is -1.82. The van der Waals surface area contributed by atoms with Gasteiger partial charge in [0.15, 0.2) is 6.61 Å². The summed E-state index contributed by atoms with van der Waals surface area (Å²) in [7, 11) is 3.34. The summed E-state index contributed by atoms with van der Waals surface area (Å²) in [5.41, 5.74) is 2.26. The molecule has 1 heterocycles. The zero-order valence-electron chi connectivity index (χ0n) is 19.5. The Morgan fingerprint density at radius 1 is 0.853 bits per heavy atom. The van der Waals surface area contributed by atoms with Crippen LogP contribution in [0.2, 0.25) is 0 Å². The van der Waals surface area contributed by atoms with E-state index in [9.17, 15) is 4.79 Å². The Balaban J connectivity index is 0.000000604. The van der Waals surface area contributed by atoms with Crippen LogP contribution in [-0.4, -0.2) is 84.9 Å². The normalized spacial score (nSPS) is 13.3. The van der Waals surface area contributed by atoms with Crippen molar-refractivity contribution in [2.75, 3.05) is 47.0 Å². The van der Waals surface area contributed by atoms with E-state index >= 15 is 0 Å². The molecule has 0 unspecified atom stereocenters. The van der Waals surface area contributed by atoms with E-state index in [1.165, 1.54) is 5.56 Å². The SMILES string of the molecule is COc1ccc(OC)c(CN2CCN(C(=O)COc3ccc(C)cc3)CC2)c1.O=C(O)C(=O)O. The van der Waals surface area contributed by atoms with Crippen LogP contribution in [0.15, 0.2) is 42.5 Å². The molecule has 2 aromatic carbocycles. The van der Waals surface area contributed by atoms with Crippen molar-refractivity contribution in [3.63, 3.8) is 0 Å². The second-order valence-corrected chi connectivity index (χ2v) is 7.55. The third-order valence-electron chi connectivity index (χ3n) is 5.17. The van der Waals surface area contributed by atoms with Crippen molar-refractivity contribution in [2.24, 2.45) is 0 Å². The van der Waals surface area contributed by atoms with E-state index in [1.807, 2.05) is 54.3 Å². The maximum Gasteiger partial charge on any atom is 0.414 e. The fraction of sp³-hybridized carbons (Fsp3) is 0.375. The Labute approximate surface area is 198 Å². The molecule has 0 radical (unpaired) electrons. The number of carboxylic acids is 2. The highest BCUT2D eigenvalue weighted by atomic mass is 16.5. The third-order valence-corrected chi connectivity index (χ3v) is 5.17. The molecule has 1 saturated heterocycles. The maximum atomic E-state index is 12.4. The summed E-state index contributed by atoms with van der Waals surface area (Å²) in [6.45, 7) is 5.89. The zero-order valence-corrected chi connectivity index (χ0v) is 19.5. The van der Waals surface area contributed by atoms with Gasteiger partial charge in [-0.05, 0) is 37.3 Å². The van der Waals surface area contributed by atoms with E-state index in [-0.39, 0.29) is 12.5 Å². The minimum absolute atomic E-state index is 0.0270. The lowest BCUT2D eigenvalue weighted by Gasteiger charge is -2.35. The van der Waals surface area contributed by atoms with Crippen molar-refractivity contribution < 1.29 is 38.8 Å². The van der Waals surface area contributed by atoms with Crippen molar-refractivity contribution in [3.8, 4) is 17.2 Å². The van der Waals surface area contributed by atoms with E-state index in [0.717, 1.165) is 42.4 Å². The molecule has 1 amide bonds. The molecule has 10 heteroatoms.